The van der Waals surface area contributed by atoms with E-state index < -0.39 is 17.8 Å². The maximum Gasteiger partial charge on any atom is 0.278 e. The molecule has 5 aromatic carbocycles. The molecule has 8 nitrogen and oxygen atoms in total. The number of nitrogens with zero attached hydrogens (tertiary/aromatic N) is 1. The van der Waals surface area contributed by atoms with Crippen LogP contribution in [0.5, 0.6) is 11.5 Å². The highest BCUT2D eigenvalue weighted by molar-refractivity contribution is 6.08. The molecule has 0 radical (unpaired) electrons. The summed E-state index contributed by atoms with van der Waals surface area (Å²) in [5.74, 6) is -0.179. The van der Waals surface area contributed by atoms with E-state index in [1.165, 1.54) is 24.3 Å². The van der Waals surface area contributed by atoms with Gasteiger partial charge in [0.1, 0.15) is 24.3 Å². The first-order valence-electron chi connectivity index (χ1n) is 15.2. The fourth-order valence-electron chi connectivity index (χ4n) is 4.75. The van der Waals surface area contributed by atoms with Gasteiger partial charge in [-0.3, -0.25) is 9.59 Å². The average Bonchev–Trinajstić information content (AvgIpc) is 3.10. The predicted molar refractivity (Wildman–Crippen MR) is 181 cm³/mol. The summed E-state index contributed by atoms with van der Waals surface area (Å²) in [6.07, 6.45) is 0. The van der Waals surface area contributed by atoms with Crippen molar-refractivity contribution in [1.82, 2.24) is 5.32 Å². The quantitative estimate of drug-likeness (QED) is 0.0972. The molecule has 238 valence electrons. The Labute approximate surface area is 273 Å². The number of carbonyl (C=O) groups excluding carboxylic acids is 2. The summed E-state index contributed by atoms with van der Waals surface area (Å²) in [4.78, 5) is 30.1. The molecule has 0 saturated heterocycles. The Morgan fingerprint density at radius 1 is 0.766 bits per heavy atom. The van der Waals surface area contributed by atoms with Gasteiger partial charge in [-0.15, -0.1) is 0 Å². The monoisotopic (exact) mass is 630 g/mol. The molecule has 9 heteroatoms. The van der Waals surface area contributed by atoms with Crippen molar-refractivity contribution in [3.8, 4) is 11.5 Å². The van der Waals surface area contributed by atoms with Gasteiger partial charge in [0.25, 0.3) is 5.91 Å². The van der Waals surface area contributed by atoms with E-state index in [1.807, 2.05) is 79.7 Å². The Balaban J connectivity index is 1.37. The van der Waals surface area contributed by atoms with E-state index in [9.17, 15) is 14.0 Å². The van der Waals surface area contributed by atoms with Crippen LogP contribution in [-0.2, 0) is 17.9 Å². The molecular formula is C38H35FN4O4. The van der Waals surface area contributed by atoms with Gasteiger partial charge in [0.05, 0.1) is 6.61 Å². The zero-order chi connectivity index (χ0) is 33.0. The fraction of sp³-hybridized carbons (Fsp3) is 0.132. The molecule has 5 aromatic rings. The summed E-state index contributed by atoms with van der Waals surface area (Å²) < 4.78 is 25.2. The Kier molecular flexibility index (Phi) is 10.9. The minimum atomic E-state index is -0.794. The molecule has 0 saturated carbocycles. The van der Waals surface area contributed by atoms with Crippen LogP contribution in [0.2, 0.25) is 0 Å². The van der Waals surface area contributed by atoms with Crippen molar-refractivity contribution in [2.75, 3.05) is 11.9 Å². The van der Waals surface area contributed by atoms with Crippen molar-refractivity contribution >= 4 is 23.3 Å². The molecule has 0 heterocycles. The topological polar surface area (TPSA) is 115 Å². The van der Waals surface area contributed by atoms with Crippen LogP contribution in [0.15, 0.2) is 132 Å². The Morgan fingerprint density at radius 2 is 1.40 bits per heavy atom. The Morgan fingerprint density at radius 3 is 2.06 bits per heavy atom. The van der Waals surface area contributed by atoms with E-state index >= 15 is 0 Å². The number of nitrogens with two attached hydrogens (primary N) is 1. The van der Waals surface area contributed by atoms with E-state index in [4.69, 9.17) is 15.2 Å². The second-order valence-electron chi connectivity index (χ2n) is 10.6. The average molecular weight is 631 g/mol. The molecule has 4 N–H and O–H groups in total. The van der Waals surface area contributed by atoms with Gasteiger partial charge < -0.3 is 25.8 Å². The zero-order valence-electron chi connectivity index (χ0n) is 25.9. The number of halogens is 1. The van der Waals surface area contributed by atoms with Crippen molar-refractivity contribution < 1.29 is 23.5 Å². The first kappa shape index (κ1) is 32.4. The predicted octanol–water partition coefficient (Wildman–Crippen LogP) is 6.82. The molecule has 2 amide bonds. The van der Waals surface area contributed by atoms with Gasteiger partial charge in [0.15, 0.2) is 11.5 Å². The van der Waals surface area contributed by atoms with Gasteiger partial charge in [-0.25, -0.2) is 4.39 Å². The van der Waals surface area contributed by atoms with E-state index in [-0.39, 0.29) is 17.3 Å². The van der Waals surface area contributed by atoms with Gasteiger partial charge in [0, 0.05) is 23.4 Å². The lowest BCUT2D eigenvalue weighted by Crippen LogP contribution is -2.33. The van der Waals surface area contributed by atoms with Crippen LogP contribution in [0.4, 0.5) is 10.1 Å². The molecule has 0 aliphatic heterocycles. The number of amides is 2. The van der Waals surface area contributed by atoms with Crippen molar-refractivity contribution in [2.24, 2.45) is 10.7 Å². The number of hydrogen-bond donors (Lipinski definition) is 3. The molecule has 1 atom stereocenters. The summed E-state index contributed by atoms with van der Waals surface area (Å²) in [6, 6.07) is 36.1. The molecule has 0 aliphatic carbocycles. The molecule has 0 aromatic heterocycles. The fourth-order valence-corrected chi connectivity index (χ4v) is 4.75. The summed E-state index contributed by atoms with van der Waals surface area (Å²) in [5, 5.41) is 6.35. The summed E-state index contributed by atoms with van der Waals surface area (Å²) in [7, 11) is 0. The Hall–Kier alpha value is -5.96. The number of amidine groups is 1. The lowest BCUT2D eigenvalue weighted by Gasteiger charge is -2.22. The molecule has 0 bridgehead atoms. The summed E-state index contributed by atoms with van der Waals surface area (Å²) in [6.45, 7) is 3.02. The highest BCUT2D eigenvalue weighted by Crippen LogP contribution is 2.33. The highest BCUT2D eigenvalue weighted by Gasteiger charge is 2.23. The molecule has 47 heavy (non-hydrogen) atoms. The van der Waals surface area contributed by atoms with Crippen molar-refractivity contribution in [1.29, 1.82) is 0 Å². The molecule has 1 unspecified atom stereocenters. The van der Waals surface area contributed by atoms with Crippen LogP contribution >= 0.6 is 0 Å². The minimum Gasteiger partial charge on any atom is -0.490 e. The second kappa shape index (κ2) is 15.9. The third-order valence-electron chi connectivity index (χ3n) is 7.21. The standard InChI is InChI=1S/C38H35FN4O4/c1-2-46-34-23-30(17-22-33(34)47-25-27-11-7-4-8-12-27)35(38(45)41-24-26-9-5-3-6-10-26)42-32-20-15-28(16-21-32)36(40)43-37(44)29-13-18-31(39)19-14-29/h3-23,35,42H,2,24-25H2,1H3,(H,41,45)(H2,40,43,44). The summed E-state index contributed by atoms with van der Waals surface area (Å²) in [5.41, 5.74) is 10.1. The molecule has 0 fully saturated rings. The number of ether oxygens (including phenoxy) is 2. The van der Waals surface area contributed by atoms with E-state index in [0.29, 0.717) is 48.1 Å². The molecular weight excluding hydrogens is 595 g/mol. The van der Waals surface area contributed by atoms with Crippen LogP contribution in [0.3, 0.4) is 0 Å². The number of carbonyl (C=O) groups is 2. The van der Waals surface area contributed by atoms with E-state index in [2.05, 4.69) is 15.6 Å². The van der Waals surface area contributed by atoms with Crippen LogP contribution in [-0.4, -0.2) is 24.3 Å². The van der Waals surface area contributed by atoms with Crippen LogP contribution in [0, 0.1) is 5.82 Å². The van der Waals surface area contributed by atoms with Gasteiger partial charge in [-0.1, -0.05) is 66.7 Å². The number of anilines is 1. The number of rotatable bonds is 13. The van der Waals surface area contributed by atoms with E-state index in [0.717, 1.165) is 11.1 Å². The molecule has 5 rings (SSSR count). The Bertz CT molecular complexity index is 1810. The maximum absolute atomic E-state index is 13.7. The van der Waals surface area contributed by atoms with Crippen molar-refractivity contribution in [2.45, 2.75) is 26.1 Å². The largest absolute Gasteiger partial charge is 0.490 e. The first-order chi connectivity index (χ1) is 22.9. The van der Waals surface area contributed by atoms with Crippen LogP contribution in [0.1, 0.15) is 45.6 Å². The van der Waals surface area contributed by atoms with E-state index in [1.54, 1.807) is 30.3 Å². The summed E-state index contributed by atoms with van der Waals surface area (Å²) >= 11 is 0. The SMILES string of the molecule is CCOc1cc(C(Nc2ccc(/C(N)=N\C(=O)c3ccc(F)cc3)cc2)C(=O)NCc2ccccc2)ccc1OCc1ccccc1. The lowest BCUT2D eigenvalue weighted by molar-refractivity contribution is -0.122. The first-order valence-corrected chi connectivity index (χ1v) is 15.2. The molecule has 0 aliphatic rings. The third kappa shape index (κ3) is 9.04. The molecule has 0 spiro atoms. The van der Waals surface area contributed by atoms with Crippen molar-refractivity contribution in [3.63, 3.8) is 0 Å². The van der Waals surface area contributed by atoms with Gasteiger partial charge in [-0.2, -0.15) is 4.99 Å². The van der Waals surface area contributed by atoms with Crippen LogP contribution in [0.25, 0.3) is 0 Å². The smallest absolute Gasteiger partial charge is 0.278 e. The maximum atomic E-state index is 13.7. The number of aliphatic imine (C=N–C) groups is 1. The third-order valence-corrected chi connectivity index (χ3v) is 7.21. The zero-order valence-corrected chi connectivity index (χ0v) is 25.9. The van der Waals surface area contributed by atoms with Crippen LogP contribution < -0.4 is 25.8 Å². The van der Waals surface area contributed by atoms with Gasteiger partial charge >= 0.3 is 0 Å². The van der Waals surface area contributed by atoms with Gasteiger partial charge in [0.2, 0.25) is 5.91 Å². The second-order valence-corrected chi connectivity index (χ2v) is 10.6. The number of benzene rings is 5. The minimum absolute atomic E-state index is 0.00970. The number of nitrogens with one attached hydrogen (secondary N) is 2. The number of hydrogen-bond acceptors (Lipinski definition) is 5. The normalized spacial score (nSPS) is 11.7. The van der Waals surface area contributed by atoms with Gasteiger partial charge in [-0.05, 0) is 84.3 Å². The van der Waals surface area contributed by atoms with Crippen molar-refractivity contribution in [3.05, 3.63) is 161 Å². The highest BCUT2D eigenvalue weighted by atomic mass is 19.1. The lowest BCUT2D eigenvalue weighted by atomic mass is 10.0.